The molecule has 0 fully saturated rings. The molecule has 0 amide bonds. The van der Waals surface area contributed by atoms with Gasteiger partial charge < -0.3 is 9.88 Å². The third-order valence-electron chi connectivity index (χ3n) is 3.15. The Morgan fingerprint density at radius 1 is 1.35 bits per heavy atom. The molecule has 2 rings (SSSR count). The third-order valence-corrected chi connectivity index (χ3v) is 3.79. The number of aromatic nitrogens is 1. The van der Waals surface area contributed by atoms with Crippen LogP contribution in [0.1, 0.15) is 18.9 Å². The van der Waals surface area contributed by atoms with Crippen molar-refractivity contribution in [2.75, 3.05) is 13.6 Å². The predicted molar refractivity (Wildman–Crippen MR) is 77.6 cm³/mol. The number of hydrogen-bond acceptors (Lipinski definition) is 1. The number of hydrogen-bond donors (Lipinski definition) is 1. The van der Waals surface area contributed by atoms with Crippen molar-refractivity contribution in [2.45, 2.75) is 26.3 Å². The Labute approximate surface area is 111 Å². The van der Waals surface area contributed by atoms with Gasteiger partial charge in [0, 0.05) is 22.6 Å². The summed E-state index contributed by atoms with van der Waals surface area (Å²) in [6, 6.07) is 6.46. The minimum Gasteiger partial charge on any atom is -0.347 e. The first-order chi connectivity index (χ1) is 8.27. The van der Waals surface area contributed by atoms with E-state index in [0.717, 1.165) is 19.5 Å². The highest BCUT2D eigenvalue weighted by molar-refractivity contribution is 9.10. The molecule has 2 aromatic rings. The summed E-state index contributed by atoms with van der Waals surface area (Å²) >= 11 is 3.65. The number of fused-ring (bicyclic) bond motifs is 1. The van der Waals surface area contributed by atoms with Crippen LogP contribution in [0.4, 0.5) is 0 Å². The van der Waals surface area contributed by atoms with Crippen molar-refractivity contribution >= 4 is 26.8 Å². The number of para-hydroxylation sites is 1. The Balaban J connectivity index is 2.39. The van der Waals surface area contributed by atoms with E-state index in [4.69, 9.17) is 0 Å². The van der Waals surface area contributed by atoms with E-state index in [9.17, 15) is 0 Å². The van der Waals surface area contributed by atoms with Crippen molar-refractivity contribution in [2.24, 2.45) is 0 Å². The van der Waals surface area contributed by atoms with E-state index in [0.29, 0.717) is 0 Å². The molecule has 0 unspecified atom stereocenters. The average Bonchev–Trinajstić information content (AvgIpc) is 2.70. The summed E-state index contributed by atoms with van der Waals surface area (Å²) < 4.78 is 3.52. The molecule has 0 aliphatic heterocycles. The molecule has 0 atom stereocenters. The van der Waals surface area contributed by atoms with E-state index in [1.54, 1.807) is 0 Å². The van der Waals surface area contributed by atoms with Crippen LogP contribution in [0.3, 0.4) is 0 Å². The smallest absolute Gasteiger partial charge is 0.0627 e. The van der Waals surface area contributed by atoms with Crippen LogP contribution in [0.5, 0.6) is 0 Å². The molecule has 0 spiro atoms. The van der Waals surface area contributed by atoms with Gasteiger partial charge in [-0.15, -0.1) is 0 Å². The molecule has 0 bridgehead atoms. The fourth-order valence-electron chi connectivity index (χ4n) is 2.29. The summed E-state index contributed by atoms with van der Waals surface area (Å²) in [5.41, 5.74) is 2.79. The Kier molecular flexibility index (Phi) is 4.24. The van der Waals surface area contributed by atoms with E-state index in [1.807, 2.05) is 7.05 Å². The van der Waals surface area contributed by atoms with Crippen molar-refractivity contribution in [1.29, 1.82) is 0 Å². The lowest BCUT2D eigenvalue weighted by Gasteiger charge is -2.02. The molecule has 3 heteroatoms. The number of rotatable bonds is 5. The van der Waals surface area contributed by atoms with Gasteiger partial charge >= 0.3 is 0 Å². The normalized spacial score (nSPS) is 11.2. The lowest BCUT2D eigenvalue weighted by atomic mass is 10.1. The lowest BCUT2D eigenvalue weighted by molar-refractivity contribution is 0.721. The Hall–Kier alpha value is -0.800. The highest BCUT2D eigenvalue weighted by atomic mass is 79.9. The van der Waals surface area contributed by atoms with Gasteiger partial charge in [0.05, 0.1) is 5.52 Å². The van der Waals surface area contributed by atoms with Gasteiger partial charge in [-0.2, -0.15) is 0 Å². The molecular formula is C14H19BrN2. The molecule has 1 aromatic carbocycles. The topological polar surface area (TPSA) is 17.0 Å². The first-order valence-corrected chi connectivity index (χ1v) is 6.98. The average molecular weight is 295 g/mol. The zero-order valence-corrected chi connectivity index (χ0v) is 12.0. The second kappa shape index (κ2) is 5.69. The third kappa shape index (κ3) is 2.55. The maximum atomic E-state index is 3.65. The maximum Gasteiger partial charge on any atom is 0.0627 e. The first-order valence-electron chi connectivity index (χ1n) is 6.18. The molecule has 17 heavy (non-hydrogen) atoms. The molecule has 2 nitrogen and oxygen atoms in total. The van der Waals surface area contributed by atoms with Gasteiger partial charge in [-0.25, -0.2) is 0 Å². The Morgan fingerprint density at radius 3 is 2.88 bits per heavy atom. The van der Waals surface area contributed by atoms with Gasteiger partial charge in [0.1, 0.15) is 0 Å². The van der Waals surface area contributed by atoms with Crippen LogP contribution in [0.15, 0.2) is 28.9 Å². The van der Waals surface area contributed by atoms with Gasteiger partial charge in [0.15, 0.2) is 0 Å². The van der Waals surface area contributed by atoms with E-state index in [2.05, 4.69) is 57.1 Å². The lowest BCUT2D eigenvalue weighted by Crippen LogP contribution is -2.08. The Morgan fingerprint density at radius 2 is 2.18 bits per heavy atom. The van der Waals surface area contributed by atoms with Crippen LogP contribution in [-0.2, 0) is 13.0 Å². The molecule has 1 N–H and O–H groups in total. The van der Waals surface area contributed by atoms with Crippen LogP contribution in [-0.4, -0.2) is 18.2 Å². The fourth-order valence-corrected chi connectivity index (χ4v) is 2.89. The molecular weight excluding hydrogens is 276 g/mol. The van der Waals surface area contributed by atoms with E-state index < -0.39 is 0 Å². The fraction of sp³-hybridized carbons (Fsp3) is 0.429. The molecule has 1 aromatic heterocycles. The number of nitrogens with zero attached hydrogens (tertiary/aromatic N) is 1. The summed E-state index contributed by atoms with van der Waals surface area (Å²) in [5, 5.41) is 4.59. The van der Waals surface area contributed by atoms with E-state index >= 15 is 0 Å². The summed E-state index contributed by atoms with van der Waals surface area (Å²) in [5.74, 6) is 0. The summed E-state index contributed by atoms with van der Waals surface area (Å²) in [7, 11) is 2.01. The number of halogens is 1. The quantitative estimate of drug-likeness (QED) is 0.834. The molecule has 0 radical (unpaired) electrons. The van der Waals surface area contributed by atoms with Crippen molar-refractivity contribution in [3.8, 4) is 0 Å². The van der Waals surface area contributed by atoms with Crippen molar-refractivity contribution in [3.63, 3.8) is 0 Å². The monoisotopic (exact) mass is 294 g/mol. The summed E-state index contributed by atoms with van der Waals surface area (Å²) in [4.78, 5) is 0. The molecule has 0 aliphatic rings. The number of aryl methyl sites for hydroxylation is 2. The standard InChI is InChI=1S/C14H19BrN2/c1-3-17-10-11(6-5-9-16-2)12-7-4-8-13(15)14(12)17/h4,7-8,10,16H,3,5-6,9H2,1-2H3. The largest absolute Gasteiger partial charge is 0.347 e. The van der Waals surface area contributed by atoms with Crippen molar-refractivity contribution in [1.82, 2.24) is 9.88 Å². The zero-order chi connectivity index (χ0) is 12.3. The minimum atomic E-state index is 1.02. The van der Waals surface area contributed by atoms with E-state index in [-0.39, 0.29) is 0 Å². The molecule has 1 heterocycles. The number of benzene rings is 1. The minimum absolute atomic E-state index is 1.02. The van der Waals surface area contributed by atoms with Gasteiger partial charge in [0.2, 0.25) is 0 Å². The van der Waals surface area contributed by atoms with Crippen LogP contribution >= 0.6 is 15.9 Å². The van der Waals surface area contributed by atoms with Gasteiger partial charge in [-0.05, 0) is 60.9 Å². The SMILES string of the molecule is CCn1cc(CCCNC)c2cccc(Br)c21. The van der Waals surface area contributed by atoms with Gasteiger partial charge in [-0.1, -0.05) is 12.1 Å². The van der Waals surface area contributed by atoms with Crippen molar-refractivity contribution < 1.29 is 0 Å². The van der Waals surface area contributed by atoms with Crippen LogP contribution in [0.25, 0.3) is 10.9 Å². The van der Waals surface area contributed by atoms with Crippen molar-refractivity contribution in [3.05, 3.63) is 34.4 Å². The summed E-state index contributed by atoms with van der Waals surface area (Å²) in [6.07, 6.45) is 4.62. The highest BCUT2D eigenvalue weighted by Gasteiger charge is 2.09. The Bertz CT molecular complexity index is 502. The highest BCUT2D eigenvalue weighted by Crippen LogP contribution is 2.29. The van der Waals surface area contributed by atoms with Gasteiger partial charge in [-0.3, -0.25) is 0 Å². The van der Waals surface area contributed by atoms with Gasteiger partial charge in [0.25, 0.3) is 0 Å². The maximum absolute atomic E-state index is 3.65. The molecule has 0 saturated carbocycles. The van der Waals surface area contributed by atoms with Crippen LogP contribution in [0.2, 0.25) is 0 Å². The molecule has 0 aliphatic carbocycles. The summed E-state index contributed by atoms with van der Waals surface area (Å²) in [6.45, 7) is 4.29. The second-order valence-electron chi connectivity index (χ2n) is 4.28. The molecule has 92 valence electrons. The number of nitrogens with one attached hydrogen (secondary N) is 1. The predicted octanol–water partition coefficient (Wildman–Crippen LogP) is 3.58. The van der Waals surface area contributed by atoms with Crippen LogP contribution < -0.4 is 5.32 Å². The zero-order valence-electron chi connectivity index (χ0n) is 10.5. The van der Waals surface area contributed by atoms with Crippen LogP contribution in [0, 0.1) is 0 Å². The molecule has 0 saturated heterocycles. The second-order valence-corrected chi connectivity index (χ2v) is 5.14. The first kappa shape index (κ1) is 12.7. The van der Waals surface area contributed by atoms with E-state index in [1.165, 1.54) is 27.4 Å².